The Morgan fingerprint density at radius 3 is 3.04 bits per heavy atom. The molecule has 1 aromatic heterocycles. The minimum atomic E-state index is -2.92. The molecule has 8 heteroatoms. The molecule has 0 aromatic carbocycles. The van der Waals surface area contributed by atoms with Crippen LogP contribution in [0.2, 0.25) is 0 Å². The molecule has 2 N–H and O–H groups in total. The molecule has 132 valence electrons. The summed E-state index contributed by atoms with van der Waals surface area (Å²) in [7, 11) is 0. The number of rotatable bonds is 5. The molecule has 2 aliphatic rings. The Morgan fingerprint density at radius 2 is 2.33 bits per heavy atom. The smallest absolute Gasteiger partial charge is 0.388 e. The first-order valence-electron chi connectivity index (χ1n) is 8.13. The maximum Gasteiger partial charge on any atom is 0.388 e. The first-order valence-corrected chi connectivity index (χ1v) is 8.13. The van der Waals surface area contributed by atoms with Gasteiger partial charge in [0.25, 0.3) is 0 Å². The quantitative estimate of drug-likeness (QED) is 0.863. The summed E-state index contributed by atoms with van der Waals surface area (Å²) in [6, 6.07) is 2.85. The number of urea groups is 1. The van der Waals surface area contributed by atoms with Crippen molar-refractivity contribution in [2.75, 3.05) is 6.61 Å². The predicted octanol–water partition coefficient (Wildman–Crippen LogP) is 2.58. The second kappa shape index (κ2) is 7.29. The van der Waals surface area contributed by atoms with E-state index in [1.54, 1.807) is 6.07 Å². The zero-order valence-corrected chi connectivity index (χ0v) is 13.3. The van der Waals surface area contributed by atoms with E-state index in [0.29, 0.717) is 12.2 Å². The van der Waals surface area contributed by atoms with Crippen LogP contribution in [0.4, 0.5) is 13.6 Å². The number of ether oxygens (including phenoxy) is 2. The summed E-state index contributed by atoms with van der Waals surface area (Å²) in [6.07, 6.45) is 6.34. The second-order valence-electron chi connectivity index (χ2n) is 6.28. The fourth-order valence-electron chi connectivity index (χ4n) is 3.21. The third-order valence-electron chi connectivity index (χ3n) is 4.56. The highest BCUT2D eigenvalue weighted by Crippen LogP contribution is 2.42. The molecule has 1 aliphatic carbocycles. The van der Waals surface area contributed by atoms with Crippen LogP contribution in [0.15, 0.2) is 18.3 Å². The standard InChI is InChI=1S/C16H21F2N3O3/c17-14(18)24-13-8-11(2-6-19-13)10-20-15(22)21-12-3-7-23-16(9-12)4-1-5-16/h2,6,8,12,14H,1,3-5,7,9-10H2,(H2,20,21,22)/t12-/m0/s1. The van der Waals surface area contributed by atoms with E-state index in [1.165, 1.54) is 18.7 Å². The van der Waals surface area contributed by atoms with Crippen LogP contribution in [0.1, 0.15) is 37.7 Å². The van der Waals surface area contributed by atoms with Gasteiger partial charge in [0.15, 0.2) is 0 Å². The highest BCUT2D eigenvalue weighted by atomic mass is 19.3. The Morgan fingerprint density at radius 1 is 1.50 bits per heavy atom. The summed E-state index contributed by atoms with van der Waals surface area (Å²) in [5.74, 6) is -0.166. The number of carbonyl (C=O) groups excluding carboxylic acids is 1. The van der Waals surface area contributed by atoms with Gasteiger partial charge in [-0.3, -0.25) is 0 Å². The molecule has 1 aromatic rings. The minimum absolute atomic E-state index is 0.0250. The SMILES string of the molecule is O=C(NCc1ccnc(OC(F)F)c1)N[C@H]1CCOC2(CCC2)C1. The van der Waals surface area contributed by atoms with Gasteiger partial charge in [0.2, 0.25) is 5.88 Å². The van der Waals surface area contributed by atoms with Crippen molar-refractivity contribution in [2.45, 2.75) is 56.9 Å². The van der Waals surface area contributed by atoms with Gasteiger partial charge in [-0.25, -0.2) is 9.78 Å². The lowest BCUT2D eigenvalue weighted by atomic mass is 9.74. The number of amides is 2. The summed E-state index contributed by atoms with van der Waals surface area (Å²) >= 11 is 0. The monoisotopic (exact) mass is 341 g/mol. The lowest BCUT2D eigenvalue weighted by Gasteiger charge is -2.47. The number of pyridine rings is 1. The Labute approximate surface area is 138 Å². The van der Waals surface area contributed by atoms with Crippen molar-refractivity contribution in [2.24, 2.45) is 0 Å². The zero-order valence-electron chi connectivity index (χ0n) is 13.3. The van der Waals surface area contributed by atoms with Crippen molar-refractivity contribution in [1.29, 1.82) is 0 Å². The number of carbonyl (C=O) groups is 1. The van der Waals surface area contributed by atoms with Crippen LogP contribution in [0.5, 0.6) is 5.88 Å². The van der Waals surface area contributed by atoms with Crippen LogP contribution in [-0.2, 0) is 11.3 Å². The van der Waals surface area contributed by atoms with Gasteiger partial charge >= 0.3 is 12.6 Å². The van der Waals surface area contributed by atoms with Crippen molar-refractivity contribution in [1.82, 2.24) is 15.6 Å². The predicted molar refractivity (Wildman–Crippen MR) is 81.8 cm³/mol. The Bertz CT molecular complexity index is 581. The van der Waals surface area contributed by atoms with E-state index in [1.807, 2.05) is 0 Å². The van der Waals surface area contributed by atoms with Crippen LogP contribution < -0.4 is 15.4 Å². The molecule has 3 rings (SSSR count). The van der Waals surface area contributed by atoms with Gasteiger partial charge in [0.05, 0.1) is 5.60 Å². The summed E-state index contributed by atoms with van der Waals surface area (Å²) in [5.41, 5.74) is 0.612. The third-order valence-corrected chi connectivity index (χ3v) is 4.56. The fraction of sp³-hybridized carbons (Fsp3) is 0.625. The number of halogens is 2. The Balaban J connectivity index is 1.45. The van der Waals surface area contributed by atoms with Crippen molar-refractivity contribution < 1.29 is 23.0 Å². The molecule has 2 amide bonds. The summed E-state index contributed by atoms with van der Waals surface area (Å²) in [4.78, 5) is 15.7. The molecule has 1 saturated heterocycles. The first-order chi connectivity index (χ1) is 11.5. The van der Waals surface area contributed by atoms with Crippen LogP contribution in [-0.4, -0.2) is 35.9 Å². The van der Waals surface area contributed by atoms with Crippen LogP contribution in [0, 0.1) is 0 Å². The van der Waals surface area contributed by atoms with Crippen molar-refractivity contribution in [3.8, 4) is 5.88 Å². The number of aromatic nitrogens is 1. The van der Waals surface area contributed by atoms with E-state index < -0.39 is 6.61 Å². The maximum absolute atomic E-state index is 12.2. The zero-order chi connectivity index (χ0) is 17.0. The van der Waals surface area contributed by atoms with Gasteiger partial charge in [-0.15, -0.1) is 0 Å². The normalized spacial score (nSPS) is 22.0. The number of nitrogens with one attached hydrogen (secondary N) is 2. The number of alkyl halides is 2. The lowest BCUT2D eigenvalue weighted by molar-refractivity contribution is -0.134. The Hall–Kier alpha value is -1.96. The molecule has 1 aliphatic heterocycles. The van der Waals surface area contributed by atoms with Crippen molar-refractivity contribution in [3.63, 3.8) is 0 Å². The molecule has 24 heavy (non-hydrogen) atoms. The highest BCUT2D eigenvalue weighted by Gasteiger charge is 2.42. The van der Waals surface area contributed by atoms with Crippen molar-refractivity contribution in [3.05, 3.63) is 23.9 Å². The molecular weight excluding hydrogens is 320 g/mol. The third kappa shape index (κ3) is 4.31. The number of hydrogen-bond donors (Lipinski definition) is 2. The summed E-state index contributed by atoms with van der Waals surface area (Å²) in [6.45, 7) is -2.04. The van der Waals surface area contributed by atoms with Gasteiger partial charge in [-0.05, 0) is 43.7 Å². The van der Waals surface area contributed by atoms with E-state index in [9.17, 15) is 13.6 Å². The van der Waals surface area contributed by atoms with Gasteiger partial charge in [0.1, 0.15) is 0 Å². The molecule has 0 bridgehead atoms. The van der Waals surface area contributed by atoms with E-state index >= 15 is 0 Å². The number of nitrogens with zero attached hydrogens (tertiary/aromatic N) is 1. The molecule has 6 nitrogen and oxygen atoms in total. The van der Waals surface area contributed by atoms with Crippen LogP contribution in [0.25, 0.3) is 0 Å². The second-order valence-corrected chi connectivity index (χ2v) is 6.28. The van der Waals surface area contributed by atoms with E-state index in [2.05, 4.69) is 20.4 Å². The van der Waals surface area contributed by atoms with Gasteiger partial charge in [0, 0.05) is 31.5 Å². The van der Waals surface area contributed by atoms with E-state index in [4.69, 9.17) is 4.74 Å². The maximum atomic E-state index is 12.2. The van der Waals surface area contributed by atoms with Gasteiger partial charge < -0.3 is 20.1 Å². The molecule has 1 saturated carbocycles. The van der Waals surface area contributed by atoms with E-state index in [0.717, 1.165) is 25.7 Å². The molecule has 1 spiro atoms. The van der Waals surface area contributed by atoms with Crippen LogP contribution >= 0.6 is 0 Å². The largest absolute Gasteiger partial charge is 0.417 e. The first kappa shape index (κ1) is 16.9. The van der Waals surface area contributed by atoms with Crippen molar-refractivity contribution >= 4 is 6.03 Å². The molecule has 2 fully saturated rings. The lowest BCUT2D eigenvalue weighted by Crippen LogP contribution is -2.53. The molecule has 0 unspecified atom stereocenters. The molecular formula is C16H21F2N3O3. The van der Waals surface area contributed by atoms with Crippen LogP contribution in [0.3, 0.4) is 0 Å². The molecule has 1 atom stereocenters. The highest BCUT2D eigenvalue weighted by molar-refractivity contribution is 5.74. The van der Waals surface area contributed by atoms with Gasteiger partial charge in [-0.2, -0.15) is 8.78 Å². The fourth-order valence-corrected chi connectivity index (χ4v) is 3.21. The minimum Gasteiger partial charge on any atom is -0.417 e. The van der Waals surface area contributed by atoms with Gasteiger partial charge in [-0.1, -0.05) is 0 Å². The Kier molecular flexibility index (Phi) is 5.13. The number of hydrogen-bond acceptors (Lipinski definition) is 4. The van der Waals surface area contributed by atoms with E-state index in [-0.39, 0.29) is 30.1 Å². The average Bonchev–Trinajstić information content (AvgIpc) is 2.51. The summed E-state index contributed by atoms with van der Waals surface area (Å²) in [5, 5.41) is 5.69. The molecule has 0 radical (unpaired) electrons. The molecule has 2 heterocycles. The average molecular weight is 341 g/mol. The summed E-state index contributed by atoms with van der Waals surface area (Å²) < 4.78 is 34.4. The topological polar surface area (TPSA) is 72.5 Å².